The number of benzene rings is 2. The van der Waals surface area contributed by atoms with Crippen LogP contribution in [0.2, 0.25) is 5.02 Å². The molecule has 1 heterocycles. The smallest absolute Gasteiger partial charge is 0.184 e. The second kappa shape index (κ2) is 6.47. The number of hydrogen-bond acceptors (Lipinski definition) is 3. The van der Waals surface area contributed by atoms with Gasteiger partial charge in [-0.05, 0) is 42.5 Å². The quantitative estimate of drug-likeness (QED) is 0.846. The van der Waals surface area contributed by atoms with E-state index in [2.05, 4.69) is 5.32 Å². The first-order valence-corrected chi connectivity index (χ1v) is 9.41. The lowest BCUT2D eigenvalue weighted by Gasteiger charge is -2.35. The summed E-state index contributed by atoms with van der Waals surface area (Å²) in [5.41, 5.74) is 0.781. The van der Waals surface area contributed by atoms with Crippen LogP contribution in [0.4, 0.5) is 5.69 Å². The van der Waals surface area contributed by atoms with Crippen LogP contribution in [0.3, 0.4) is 0 Å². The molecule has 7 heteroatoms. The normalized spacial score (nSPS) is 18.6. The summed E-state index contributed by atoms with van der Waals surface area (Å²) in [6, 6.07) is 15.7. The van der Waals surface area contributed by atoms with Crippen molar-refractivity contribution in [1.29, 1.82) is 0 Å². The Labute approximate surface area is 146 Å². The van der Waals surface area contributed by atoms with Gasteiger partial charge in [-0.3, -0.25) is 0 Å². The molecule has 1 N–H and O–H groups in total. The molecule has 0 bridgehead atoms. The van der Waals surface area contributed by atoms with Crippen LogP contribution < -0.4 is 10.2 Å². The third-order valence-corrected chi connectivity index (χ3v) is 6.47. The van der Waals surface area contributed by atoms with E-state index >= 15 is 0 Å². The molecule has 2 aromatic carbocycles. The number of thiocarbonyl (C=S) groups is 1. The van der Waals surface area contributed by atoms with Gasteiger partial charge in [-0.25, -0.2) is 8.42 Å². The van der Waals surface area contributed by atoms with Crippen molar-refractivity contribution in [2.75, 3.05) is 18.0 Å². The van der Waals surface area contributed by atoms with Crippen molar-refractivity contribution >= 4 is 44.5 Å². The van der Waals surface area contributed by atoms with Crippen molar-refractivity contribution < 1.29 is 8.42 Å². The first kappa shape index (κ1) is 16.2. The zero-order valence-corrected chi connectivity index (χ0v) is 14.5. The minimum atomic E-state index is -3.43. The van der Waals surface area contributed by atoms with Crippen molar-refractivity contribution in [2.45, 2.75) is 10.1 Å². The molecule has 1 saturated heterocycles. The Kier molecular flexibility index (Phi) is 4.57. The molecular formula is C16H15ClN2O2S2. The molecule has 1 fully saturated rings. The highest BCUT2D eigenvalue weighted by Gasteiger charge is 2.34. The lowest BCUT2D eigenvalue weighted by molar-refractivity contribution is 0.571. The molecule has 1 aliphatic rings. The lowest BCUT2D eigenvalue weighted by Crippen LogP contribution is -2.55. The molecule has 2 aromatic rings. The minimum absolute atomic E-state index is 0.295. The van der Waals surface area contributed by atoms with Crippen LogP contribution in [-0.2, 0) is 9.84 Å². The fourth-order valence-corrected chi connectivity index (χ4v) is 4.54. The Bertz CT molecular complexity index is 825. The van der Waals surface area contributed by atoms with Crippen LogP contribution in [0.15, 0.2) is 59.5 Å². The number of nitrogens with zero attached hydrogens (tertiary/aromatic N) is 1. The van der Waals surface area contributed by atoms with Crippen molar-refractivity contribution in [3.05, 3.63) is 59.6 Å². The number of sulfone groups is 1. The standard InChI is InChI=1S/C16H15ClN2O2S2/c17-12-5-4-6-13(9-12)19-11-15(10-18-16(19)22)23(20,21)14-7-2-1-3-8-14/h1-9,15H,10-11H2,(H,18,22). The Morgan fingerprint density at radius 2 is 1.87 bits per heavy atom. The Morgan fingerprint density at radius 1 is 1.13 bits per heavy atom. The maximum absolute atomic E-state index is 12.8. The molecule has 0 aromatic heterocycles. The summed E-state index contributed by atoms with van der Waals surface area (Å²) in [7, 11) is -3.43. The maximum atomic E-state index is 12.8. The molecule has 23 heavy (non-hydrogen) atoms. The fourth-order valence-electron chi connectivity index (χ4n) is 2.52. The minimum Gasteiger partial charge on any atom is -0.361 e. The zero-order valence-electron chi connectivity index (χ0n) is 12.1. The van der Waals surface area contributed by atoms with Crippen LogP contribution in [0.5, 0.6) is 0 Å². The topological polar surface area (TPSA) is 49.4 Å². The van der Waals surface area contributed by atoms with Gasteiger partial charge in [-0.1, -0.05) is 35.9 Å². The van der Waals surface area contributed by atoms with Gasteiger partial charge in [-0.2, -0.15) is 0 Å². The summed E-state index contributed by atoms with van der Waals surface area (Å²) in [5, 5.41) is 3.51. The summed E-state index contributed by atoms with van der Waals surface area (Å²) in [5.74, 6) is 0. The van der Waals surface area contributed by atoms with Gasteiger partial charge in [0.2, 0.25) is 0 Å². The second-order valence-corrected chi connectivity index (χ2v) is 8.31. The van der Waals surface area contributed by atoms with Crippen molar-refractivity contribution in [1.82, 2.24) is 5.32 Å². The Morgan fingerprint density at radius 3 is 2.57 bits per heavy atom. The molecule has 1 unspecified atom stereocenters. The average Bonchev–Trinajstić information content (AvgIpc) is 2.56. The van der Waals surface area contributed by atoms with Crippen LogP contribution in [0.25, 0.3) is 0 Å². The lowest BCUT2D eigenvalue weighted by atomic mass is 10.2. The van der Waals surface area contributed by atoms with Crippen LogP contribution in [-0.4, -0.2) is 31.9 Å². The molecule has 120 valence electrons. The first-order chi connectivity index (χ1) is 11.0. The summed E-state index contributed by atoms with van der Waals surface area (Å²) < 4.78 is 25.6. The van der Waals surface area contributed by atoms with Crippen LogP contribution >= 0.6 is 23.8 Å². The van der Waals surface area contributed by atoms with E-state index in [0.717, 1.165) is 5.69 Å². The first-order valence-electron chi connectivity index (χ1n) is 7.08. The van der Waals surface area contributed by atoms with Gasteiger partial charge in [0.05, 0.1) is 4.90 Å². The van der Waals surface area contributed by atoms with Gasteiger partial charge >= 0.3 is 0 Å². The zero-order chi connectivity index (χ0) is 16.4. The largest absolute Gasteiger partial charge is 0.361 e. The molecule has 1 aliphatic heterocycles. The molecule has 0 radical (unpaired) electrons. The van der Waals surface area contributed by atoms with Crippen LogP contribution in [0, 0.1) is 0 Å². The van der Waals surface area contributed by atoms with Crippen molar-refractivity contribution in [3.8, 4) is 0 Å². The number of halogens is 1. The van der Waals surface area contributed by atoms with Gasteiger partial charge in [0.15, 0.2) is 14.9 Å². The van der Waals surface area contributed by atoms with E-state index in [-0.39, 0.29) is 0 Å². The van der Waals surface area contributed by atoms with E-state index in [1.807, 2.05) is 12.1 Å². The summed E-state index contributed by atoms with van der Waals surface area (Å²) >= 11 is 11.3. The summed E-state index contributed by atoms with van der Waals surface area (Å²) in [4.78, 5) is 2.10. The SMILES string of the molecule is O=S(=O)(c1ccccc1)C1CNC(=S)N(c2cccc(Cl)c2)C1. The summed E-state index contributed by atoms with van der Waals surface area (Å²) in [6.45, 7) is 0.594. The highest BCUT2D eigenvalue weighted by molar-refractivity contribution is 7.92. The number of rotatable bonds is 3. The molecule has 0 aliphatic carbocycles. The van der Waals surface area contributed by atoms with Gasteiger partial charge < -0.3 is 10.2 Å². The second-order valence-electron chi connectivity index (χ2n) is 5.26. The Hall–Kier alpha value is -1.63. The average molecular weight is 367 g/mol. The molecule has 4 nitrogen and oxygen atoms in total. The molecule has 0 saturated carbocycles. The number of anilines is 1. The van der Waals surface area contributed by atoms with Crippen LogP contribution in [0.1, 0.15) is 0 Å². The van der Waals surface area contributed by atoms with Crippen molar-refractivity contribution in [3.63, 3.8) is 0 Å². The predicted molar refractivity (Wildman–Crippen MR) is 96.8 cm³/mol. The molecule has 0 spiro atoms. The molecular weight excluding hydrogens is 352 g/mol. The van der Waals surface area contributed by atoms with Gasteiger partial charge in [0.1, 0.15) is 5.25 Å². The third-order valence-electron chi connectivity index (χ3n) is 3.74. The van der Waals surface area contributed by atoms with Gasteiger partial charge in [0.25, 0.3) is 0 Å². The number of hydrogen-bond donors (Lipinski definition) is 1. The molecule has 0 amide bonds. The predicted octanol–water partition coefficient (Wildman–Crippen LogP) is 2.88. The van der Waals surface area contributed by atoms with Gasteiger partial charge in [0, 0.05) is 23.8 Å². The van der Waals surface area contributed by atoms with Crippen molar-refractivity contribution in [2.24, 2.45) is 0 Å². The monoisotopic (exact) mass is 366 g/mol. The van der Waals surface area contributed by atoms with E-state index in [1.165, 1.54) is 0 Å². The fraction of sp³-hybridized carbons (Fsp3) is 0.188. The highest BCUT2D eigenvalue weighted by atomic mass is 35.5. The Balaban J connectivity index is 1.90. The molecule has 1 atom stereocenters. The third kappa shape index (κ3) is 3.34. The highest BCUT2D eigenvalue weighted by Crippen LogP contribution is 2.24. The van der Waals surface area contributed by atoms with E-state index in [0.29, 0.717) is 28.1 Å². The van der Waals surface area contributed by atoms with Gasteiger partial charge in [-0.15, -0.1) is 0 Å². The van der Waals surface area contributed by atoms with E-state index in [9.17, 15) is 8.42 Å². The van der Waals surface area contributed by atoms with E-state index in [1.54, 1.807) is 47.4 Å². The number of nitrogens with one attached hydrogen (secondary N) is 1. The maximum Gasteiger partial charge on any atom is 0.184 e. The van der Waals surface area contributed by atoms with E-state index in [4.69, 9.17) is 23.8 Å². The van der Waals surface area contributed by atoms with E-state index < -0.39 is 15.1 Å². The summed E-state index contributed by atoms with van der Waals surface area (Å²) in [6.07, 6.45) is 0. The molecule has 3 rings (SSSR count).